The average molecular weight is 328 g/mol. The van der Waals surface area contributed by atoms with E-state index < -0.39 is 0 Å². The SMILES string of the molecule is O=C(c1ccoc1)N1CCN(Cc2nc(-c3ccco3)no2)CC1. The lowest BCUT2D eigenvalue weighted by Gasteiger charge is -2.33. The number of carbonyl (C=O) groups is 1. The van der Waals surface area contributed by atoms with Gasteiger partial charge in [-0.25, -0.2) is 0 Å². The lowest BCUT2D eigenvalue weighted by molar-refractivity contribution is 0.0614. The van der Waals surface area contributed by atoms with E-state index in [4.69, 9.17) is 13.4 Å². The topological polar surface area (TPSA) is 88.8 Å². The minimum atomic E-state index is 0.00120. The predicted molar refractivity (Wildman–Crippen MR) is 81.9 cm³/mol. The van der Waals surface area contributed by atoms with Crippen molar-refractivity contribution in [3.05, 3.63) is 48.4 Å². The van der Waals surface area contributed by atoms with E-state index in [1.165, 1.54) is 12.5 Å². The Bertz CT molecular complexity index is 786. The highest BCUT2D eigenvalue weighted by Crippen LogP contribution is 2.17. The molecule has 0 radical (unpaired) electrons. The summed E-state index contributed by atoms with van der Waals surface area (Å²) >= 11 is 0. The third-order valence-electron chi connectivity index (χ3n) is 4.00. The fourth-order valence-corrected chi connectivity index (χ4v) is 2.69. The Hall–Kier alpha value is -2.87. The first-order chi connectivity index (χ1) is 11.8. The summed E-state index contributed by atoms with van der Waals surface area (Å²) in [6, 6.07) is 5.25. The summed E-state index contributed by atoms with van der Waals surface area (Å²) in [5.74, 6) is 1.57. The number of hydrogen-bond donors (Lipinski definition) is 0. The number of hydrogen-bond acceptors (Lipinski definition) is 7. The van der Waals surface area contributed by atoms with Crippen molar-refractivity contribution in [3.8, 4) is 11.6 Å². The molecule has 1 amide bonds. The number of piperazine rings is 1. The monoisotopic (exact) mass is 328 g/mol. The van der Waals surface area contributed by atoms with Gasteiger partial charge in [0.05, 0.1) is 24.6 Å². The van der Waals surface area contributed by atoms with Gasteiger partial charge in [-0.1, -0.05) is 5.16 Å². The summed E-state index contributed by atoms with van der Waals surface area (Å²) in [5, 5.41) is 3.92. The molecule has 0 N–H and O–H groups in total. The summed E-state index contributed by atoms with van der Waals surface area (Å²) in [4.78, 5) is 20.6. The van der Waals surface area contributed by atoms with E-state index in [9.17, 15) is 4.79 Å². The smallest absolute Gasteiger partial charge is 0.257 e. The molecule has 24 heavy (non-hydrogen) atoms. The Morgan fingerprint density at radius 1 is 1.17 bits per heavy atom. The highest BCUT2D eigenvalue weighted by Gasteiger charge is 2.24. The maximum absolute atomic E-state index is 12.3. The van der Waals surface area contributed by atoms with E-state index in [0.717, 1.165) is 13.1 Å². The van der Waals surface area contributed by atoms with E-state index in [1.807, 2.05) is 4.90 Å². The Kier molecular flexibility index (Phi) is 3.87. The number of rotatable bonds is 4. The number of amides is 1. The summed E-state index contributed by atoms with van der Waals surface area (Å²) in [6.07, 6.45) is 4.56. The van der Waals surface area contributed by atoms with Crippen molar-refractivity contribution < 1.29 is 18.2 Å². The molecule has 1 aliphatic heterocycles. The molecule has 124 valence electrons. The zero-order chi connectivity index (χ0) is 16.4. The van der Waals surface area contributed by atoms with Crippen LogP contribution in [0.15, 0.2) is 50.3 Å². The van der Waals surface area contributed by atoms with Crippen LogP contribution in [0.2, 0.25) is 0 Å². The molecule has 3 aromatic heterocycles. The van der Waals surface area contributed by atoms with Crippen LogP contribution in [0.5, 0.6) is 0 Å². The standard InChI is InChI=1S/C16H16N4O4/c21-16(12-3-9-22-11-12)20-6-4-19(5-7-20)10-14-17-15(18-24-14)13-2-1-8-23-13/h1-3,8-9,11H,4-7,10H2. The van der Waals surface area contributed by atoms with Gasteiger partial charge in [0.25, 0.3) is 5.91 Å². The summed E-state index contributed by atoms with van der Waals surface area (Å²) in [7, 11) is 0. The van der Waals surface area contributed by atoms with Crippen molar-refractivity contribution in [1.82, 2.24) is 19.9 Å². The molecule has 3 aromatic rings. The third kappa shape index (κ3) is 2.95. The van der Waals surface area contributed by atoms with Crippen molar-refractivity contribution >= 4 is 5.91 Å². The zero-order valence-electron chi connectivity index (χ0n) is 12.9. The van der Waals surface area contributed by atoms with Crippen LogP contribution in [0, 0.1) is 0 Å². The quantitative estimate of drug-likeness (QED) is 0.722. The molecule has 0 aliphatic carbocycles. The summed E-state index contributed by atoms with van der Waals surface area (Å²) in [5.41, 5.74) is 0.587. The Labute approximate surface area is 137 Å². The summed E-state index contributed by atoms with van der Waals surface area (Å²) in [6.45, 7) is 3.37. The molecule has 0 unspecified atom stereocenters. The minimum absolute atomic E-state index is 0.00120. The fourth-order valence-electron chi connectivity index (χ4n) is 2.69. The molecule has 0 atom stereocenters. The first-order valence-corrected chi connectivity index (χ1v) is 7.70. The molecule has 1 aliphatic rings. The van der Waals surface area contributed by atoms with Gasteiger partial charge in [-0.05, 0) is 18.2 Å². The van der Waals surface area contributed by atoms with Crippen LogP contribution in [-0.4, -0.2) is 52.0 Å². The molecule has 0 saturated carbocycles. The molecule has 0 bridgehead atoms. The van der Waals surface area contributed by atoms with Crippen molar-refractivity contribution in [2.45, 2.75) is 6.54 Å². The van der Waals surface area contributed by atoms with Gasteiger partial charge in [-0.15, -0.1) is 0 Å². The fraction of sp³-hybridized carbons (Fsp3) is 0.312. The molecule has 8 nitrogen and oxygen atoms in total. The largest absolute Gasteiger partial charge is 0.472 e. The second kappa shape index (κ2) is 6.32. The average Bonchev–Trinajstić information content (AvgIpc) is 3.36. The highest BCUT2D eigenvalue weighted by molar-refractivity contribution is 5.93. The molecule has 4 rings (SSSR count). The number of nitrogens with zero attached hydrogens (tertiary/aromatic N) is 4. The zero-order valence-corrected chi connectivity index (χ0v) is 12.9. The first kappa shape index (κ1) is 14.7. The van der Waals surface area contributed by atoms with E-state index in [-0.39, 0.29) is 5.91 Å². The predicted octanol–water partition coefficient (Wildman–Crippen LogP) is 1.88. The molecular formula is C16H16N4O4. The second-order valence-corrected chi connectivity index (χ2v) is 5.57. The van der Waals surface area contributed by atoms with Gasteiger partial charge in [-0.3, -0.25) is 9.69 Å². The van der Waals surface area contributed by atoms with Gasteiger partial charge >= 0.3 is 0 Å². The Balaban J connectivity index is 1.33. The van der Waals surface area contributed by atoms with Crippen molar-refractivity contribution in [3.63, 3.8) is 0 Å². The van der Waals surface area contributed by atoms with Crippen LogP contribution >= 0.6 is 0 Å². The van der Waals surface area contributed by atoms with E-state index in [0.29, 0.717) is 42.7 Å². The Morgan fingerprint density at radius 2 is 2.04 bits per heavy atom. The van der Waals surface area contributed by atoms with Crippen LogP contribution < -0.4 is 0 Å². The van der Waals surface area contributed by atoms with Crippen molar-refractivity contribution in [1.29, 1.82) is 0 Å². The molecule has 1 fully saturated rings. The maximum Gasteiger partial charge on any atom is 0.257 e. The van der Waals surface area contributed by atoms with Crippen LogP contribution in [0.3, 0.4) is 0 Å². The number of furan rings is 2. The minimum Gasteiger partial charge on any atom is -0.472 e. The molecule has 8 heteroatoms. The first-order valence-electron chi connectivity index (χ1n) is 7.70. The third-order valence-corrected chi connectivity index (χ3v) is 4.00. The second-order valence-electron chi connectivity index (χ2n) is 5.57. The van der Waals surface area contributed by atoms with Gasteiger partial charge in [0.1, 0.15) is 6.26 Å². The lowest BCUT2D eigenvalue weighted by Crippen LogP contribution is -2.48. The van der Waals surface area contributed by atoms with Crippen LogP contribution in [-0.2, 0) is 6.54 Å². The number of carbonyl (C=O) groups excluding carboxylic acids is 1. The van der Waals surface area contributed by atoms with Gasteiger partial charge in [0.15, 0.2) is 5.76 Å². The van der Waals surface area contributed by atoms with Gasteiger partial charge < -0.3 is 18.3 Å². The number of aromatic nitrogens is 2. The van der Waals surface area contributed by atoms with E-state index >= 15 is 0 Å². The van der Waals surface area contributed by atoms with Crippen LogP contribution in [0.1, 0.15) is 16.2 Å². The van der Waals surface area contributed by atoms with Crippen molar-refractivity contribution in [2.75, 3.05) is 26.2 Å². The van der Waals surface area contributed by atoms with Gasteiger partial charge in [0.2, 0.25) is 11.7 Å². The maximum atomic E-state index is 12.3. The lowest BCUT2D eigenvalue weighted by atomic mass is 10.2. The van der Waals surface area contributed by atoms with E-state index in [1.54, 1.807) is 24.5 Å². The summed E-state index contributed by atoms with van der Waals surface area (Å²) < 4.78 is 15.5. The molecule has 4 heterocycles. The van der Waals surface area contributed by atoms with Gasteiger partial charge in [0, 0.05) is 26.2 Å². The van der Waals surface area contributed by atoms with Gasteiger partial charge in [-0.2, -0.15) is 4.98 Å². The normalized spacial score (nSPS) is 15.8. The molecule has 0 spiro atoms. The molecule has 1 saturated heterocycles. The highest BCUT2D eigenvalue weighted by atomic mass is 16.5. The van der Waals surface area contributed by atoms with E-state index in [2.05, 4.69) is 15.0 Å². The van der Waals surface area contributed by atoms with Crippen molar-refractivity contribution in [2.24, 2.45) is 0 Å². The van der Waals surface area contributed by atoms with Crippen LogP contribution in [0.25, 0.3) is 11.6 Å². The Morgan fingerprint density at radius 3 is 2.75 bits per heavy atom. The molecular weight excluding hydrogens is 312 g/mol. The molecule has 0 aromatic carbocycles. The van der Waals surface area contributed by atoms with Crippen LogP contribution in [0.4, 0.5) is 0 Å².